The zero-order valence-electron chi connectivity index (χ0n) is 12.5. The number of hydrogen-bond acceptors (Lipinski definition) is 2. The molecule has 3 aliphatic rings. The van der Waals surface area contributed by atoms with E-state index in [-0.39, 0.29) is 6.23 Å². The normalized spacial score (nSPS) is 32.6. The summed E-state index contributed by atoms with van der Waals surface area (Å²) in [5.74, 6) is 1.18. The van der Waals surface area contributed by atoms with Gasteiger partial charge in [-0.05, 0) is 30.9 Å². The molecule has 1 aromatic heterocycles. The number of aromatic amines is 1. The molecule has 1 aromatic carbocycles. The molecule has 4 atom stereocenters. The molecular weight excluding hydrogens is 272 g/mol. The maximum absolute atomic E-state index is 6.10. The fourth-order valence-electron chi connectivity index (χ4n) is 4.46. The Morgan fingerprint density at radius 2 is 2.18 bits per heavy atom. The van der Waals surface area contributed by atoms with Crippen molar-refractivity contribution in [3.63, 3.8) is 0 Å². The summed E-state index contributed by atoms with van der Waals surface area (Å²) < 4.78 is 6.10. The summed E-state index contributed by atoms with van der Waals surface area (Å²) in [6.45, 7) is 4.81. The maximum atomic E-state index is 6.10. The lowest BCUT2D eigenvalue weighted by Gasteiger charge is -2.50. The van der Waals surface area contributed by atoms with Gasteiger partial charge in [0.15, 0.2) is 0 Å². The van der Waals surface area contributed by atoms with Gasteiger partial charge in [0.25, 0.3) is 0 Å². The van der Waals surface area contributed by atoms with Crippen LogP contribution in [0.3, 0.4) is 0 Å². The van der Waals surface area contributed by atoms with Crippen LogP contribution in [0.4, 0.5) is 0 Å². The van der Waals surface area contributed by atoms with Crippen LogP contribution in [-0.4, -0.2) is 22.7 Å². The van der Waals surface area contributed by atoms with Crippen LogP contribution in [0.2, 0.25) is 0 Å². The molecule has 2 fully saturated rings. The highest BCUT2D eigenvalue weighted by atomic mass is 16.5. The van der Waals surface area contributed by atoms with Crippen molar-refractivity contribution in [2.24, 2.45) is 11.8 Å². The Hall–Kier alpha value is -2.00. The van der Waals surface area contributed by atoms with Crippen LogP contribution in [0.5, 0.6) is 0 Å². The smallest absolute Gasteiger partial charge is 0.130 e. The van der Waals surface area contributed by atoms with Gasteiger partial charge in [0.05, 0.1) is 12.6 Å². The van der Waals surface area contributed by atoms with Gasteiger partial charge in [-0.1, -0.05) is 24.3 Å². The van der Waals surface area contributed by atoms with E-state index in [1.165, 1.54) is 28.6 Å². The number of piperidine rings is 1. The van der Waals surface area contributed by atoms with Crippen LogP contribution in [0.1, 0.15) is 30.1 Å². The van der Waals surface area contributed by atoms with Gasteiger partial charge in [0.2, 0.25) is 0 Å². The molecule has 3 nitrogen and oxygen atoms in total. The van der Waals surface area contributed by atoms with Crippen molar-refractivity contribution in [1.82, 2.24) is 9.88 Å². The van der Waals surface area contributed by atoms with Gasteiger partial charge in [-0.15, -0.1) is 6.58 Å². The van der Waals surface area contributed by atoms with Gasteiger partial charge in [-0.2, -0.15) is 0 Å². The van der Waals surface area contributed by atoms with Crippen LogP contribution in [0, 0.1) is 11.8 Å². The maximum Gasteiger partial charge on any atom is 0.130 e. The standard InChI is InChI=1S/C19H20N2O/c1-2-12-11-22-18-10-13(12)9-17-19-15(7-8-21(17)18)14-5-3-4-6-16(14)20-19/h2-8,12-13,17-18,20H,1,9-11H2. The molecule has 2 bridgehead atoms. The fourth-order valence-corrected chi connectivity index (χ4v) is 4.46. The number of fused-ring (bicyclic) bond motifs is 8. The van der Waals surface area contributed by atoms with Crippen molar-refractivity contribution in [1.29, 1.82) is 0 Å². The van der Waals surface area contributed by atoms with Crippen LogP contribution >= 0.6 is 0 Å². The molecule has 112 valence electrons. The number of aromatic nitrogens is 1. The van der Waals surface area contributed by atoms with Crippen LogP contribution in [0.25, 0.3) is 17.0 Å². The minimum absolute atomic E-state index is 0.218. The van der Waals surface area contributed by atoms with Gasteiger partial charge < -0.3 is 14.6 Å². The van der Waals surface area contributed by atoms with E-state index in [4.69, 9.17) is 4.74 Å². The van der Waals surface area contributed by atoms with E-state index in [2.05, 4.69) is 59.1 Å². The minimum atomic E-state index is 0.218. The highest BCUT2D eigenvalue weighted by Gasteiger charge is 2.43. The molecule has 0 amide bonds. The van der Waals surface area contributed by atoms with Crippen molar-refractivity contribution in [3.8, 4) is 0 Å². The van der Waals surface area contributed by atoms with Crippen LogP contribution < -0.4 is 0 Å². The lowest BCUT2D eigenvalue weighted by Crippen LogP contribution is -2.50. The van der Waals surface area contributed by atoms with Gasteiger partial charge in [0, 0.05) is 34.3 Å². The first-order valence-electron chi connectivity index (χ1n) is 8.15. The van der Waals surface area contributed by atoms with Crippen molar-refractivity contribution in [2.75, 3.05) is 6.61 Å². The average Bonchev–Trinajstić information content (AvgIpc) is 2.94. The van der Waals surface area contributed by atoms with Gasteiger partial charge in [-0.3, -0.25) is 0 Å². The second-order valence-corrected chi connectivity index (χ2v) is 6.70. The summed E-state index contributed by atoms with van der Waals surface area (Å²) in [6.07, 6.45) is 9.08. The number of hydrogen-bond donors (Lipinski definition) is 1. The van der Waals surface area contributed by atoms with Crippen molar-refractivity contribution in [2.45, 2.75) is 25.1 Å². The quantitative estimate of drug-likeness (QED) is 0.803. The van der Waals surface area contributed by atoms with E-state index in [0.29, 0.717) is 17.9 Å². The number of H-pyrrole nitrogens is 1. The molecule has 5 rings (SSSR count). The highest BCUT2D eigenvalue weighted by molar-refractivity contribution is 5.91. The lowest BCUT2D eigenvalue weighted by atomic mass is 9.77. The van der Waals surface area contributed by atoms with Gasteiger partial charge in [0.1, 0.15) is 6.23 Å². The Balaban J connectivity index is 1.62. The summed E-state index contributed by atoms with van der Waals surface area (Å²) in [6, 6.07) is 8.98. The molecule has 22 heavy (non-hydrogen) atoms. The minimum Gasteiger partial charge on any atom is -0.358 e. The third-order valence-corrected chi connectivity index (χ3v) is 5.64. The number of ether oxygens (including phenoxy) is 1. The second-order valence-electron chi connectivity index (χ2n) is 6.70. The van der Waals surface area contributed by atoms with Crippen molar-refractivity contribution >= 4 is 17.0 Å². The Labute approximate surface area is 130 Å². The first-order valence-corrected chi connectivity index (χ1v) is 8.15. The number of rotatable bonds is 1. The first-order chi connectivity index (χ1) is 10.8. The number of benzene rings is 1. The monoisotopic (exact) mass is 292 g/mol. The molecule has 3 heteroatoms. The Kier molecular flexibility index (Phi) is 2.56. The van der Waals surface area contributed by atoms with Crippen LogP contribution in [-0.2, 0) is 4.74 Å². The number of nitrogens with zero attached hydrogens (tertiary/aromatic N) is 1. The molecule has 4 unspecified atom stereocenters. The summed E-state index contributed by atoms with van der Waals surface area (Å²) in [7, 11) is 0. The SMILES string of the molecule is C=CC1COC2CC1CC1c3[nH]c4ccccc4c3C=CN21. The highest BCUT2D eigenvalue weighted by Crippen LogP contribution is 2.47. The van der Waals surface area contributed by atoms with E-state index >= 15 is 0 Å². The molecule has 0 saturated carbocycles. The summed E-state index contributed by atoms with van der Waals surface area (Å²) >= 11 is 0. The third-order valence-electron chi connectivity index (χ3n) is 5.64. The molecule has 1 N–H and O–H groups in total. The van der Waals surface area contributed by atoms with E-state index < -0.39 is 0 Å². The predicted molar refractivity (Wildman–Crippen MR) is 88.1 cm³/mol. The van der Waals surface area contributed by atoms with Gasteiger partial charge >= 0.3 is 0 Å². The Morgan fingerprint density at radius 1 is 1.27 bits per heavy atom. The molecule has 3 aliphatic heterocycles. The Bertz CT molecular complexity index is 775. The number of para-hydroxylation sites is 1. The largest absolute Gasteiger partial charge is 0.358 e. The number of nitrogens with one attached hydrogen (secondary N) is 1. The average molecular weight is 292 g/mol. The fraction of sp³-hybridized carbons (Fsp3) is 0.368. The van der Waals surface area contributed by atoms with E-state index in [0.717, 1.165) is 13.0 Å². The molecule has 2 aromatic rings. The zero-order chi connectivity index (χ0) is 14.7. The molecule has 0 radical (unpaired) electrons. The van der Waals surface area contributed by atoms with Gasteiger partial charge in [-0.25, -0.2) is 0 Å². The van der Waals surface area contributed by atoms with E-state index in [1.54, 1.807) is 0 Å². The summed E-state index contributed by atoms with van der Waals surface area (Å²) in [5.41, 5.74) is 3.94. The Morgan fingerprint density at radius 3 is 3.09 bits per heavy atom. The molecule has 4 heterocycles. The van der Waals surface area contributed by atoms with Crippen LogP contribution in [0.15, 0.2) is 43.1 Å². The topological polar surface area (TPSA) is 28.3 Å². The predicted octanol–water partition coefficient (Wildman–Crippen LogP) is 4.06. The van der Waals surface area contributed by atoms with E-state index in [9.17, 15) is 0 Å². The molecule has 2 saturated heterocycles. The van der Waals surface area contributed by atoms with E-state index in [1.807, 2.05) is 0 Å². The summed E-state index contributed by atoms with van der Waals surface area (Å²) in [5, 5.41) is 1.32. The van der Waals surface area contributed by atoms with Crippen molar-refractivity contribution < 1.29 is 4.74 Å². The third kappa shape index (κ3) is 1.60. The summed E-state index contributed by atoms with van der Waals surface area (Å²) in [4.78, 5) is 6.07. The van der Waals surface area contributed by atoms with Crippen molar-refractivity contribution in [3.05, 3.63) is 54.4 Å². The lowest BCUT2D eigenvalue weighted by molar-refractivity contribution is -0.147. The molecular formula is C19H20N2O. The molecule has 0 aliphatic carbocycles. The first kappa shape index (κ1) is 12.5. The molecule has 0 spiro atoms. The zero-order valence-corrected chi connectivity index (χ0v) is 12.5. The second kappa shape index (κ2) is 4.50.